The van der Waals surface area contributed by atoms with E-state index in [1.54, 1.807) is 109 Å². The molecule has 3 heterocycles. The number of carbonyl (C=O) groups excluding carboxylic acids is 7. The standard InChI is InChI=1S/C59H53NO16S/c1-3-77-59-46(60-52(62)42-31-19-20-32-43(42)53(60)63)49(71-36(2)61)47(68-33-37-21-9-4-10-22-37)44(73-59)35-70-58-51(76-57(67)41-29-17-8-18-30-41)50(75-56(66)40-27-15-7-16-28-40)48(74-55(65)39-25-13-6-14-26-39)45(72-58)34-69-54(64)38-23-11-5-12-24-38/h4-32,44-51,58-59H,3,33-35H2,1-2H3/t44-,45-,46-,47-,48-,49-,50+,51-,58-,59+/m1/s1. The summed E-state index contributed by atoms with van der Waals surface area (Å²) in [4.78, 5) is 99.1. The molecule has 0 bridgehead atoms. The number of nitrogens with zero attached hydrogens (tertiary/aromatic N) is 1. The number of benzene rings is 6. The van der Waals surface area contributed by atoms with Gasteiger partial charge in [0.25, 0.3) is 11.8 Å². The Morgan fingerprint density at radius 1 is 0.481 bits per heavy atom. The maximum Gasteiger partial charge on any atom is 0.338 e. The van der Waals surface area contributed by atoms with Crippen molar-refractivity contribution >= 4 is 53.4 Å². The van der Waals surface area contributed by atoms with Gasteiger partial charge in [0.15, 0.2) is 30.7 Å². The molecule has 0 N–H and O–H groups in total. The molecule has 3 aliphatic rings. The number of esters is 5. The van der Waals surface area contributed by atoms with Crippen LogP contribution >= 0.6 is 11.8 Å². The summed E-state index contributed by atoms with van der Waals surface area (Å²) in [7, 11) is 0. The maximum absolute atomic E-state index is 14.3. The summed E-state index contributed by atoms with van der Waals surface area (Å²) in [6.07, 6.45) is -12.3. The first kappa shape index (κ1) is 53.8. The fraction of sp³-hybridized carbons (Fsp3) is 0.271. The van der Waals surface area contributed by atoms with Crippen LogP contribution in [0.2, 0.25) is 0 Å². The molecule has 0 unspecified atom stereocenters. The van der Waals surface area contributed by atoms with Crippen LogP contribution in [0.4, 0.5) is 0 Å². The molecular formula is C59H53NO16S. The highest BCUT2D eigenvalue weighted by Crippen LogP contribution is 2.40. The molecule has 6 aromatic carbocycles. The van der Waals surface area contributed by atoms with E-state index in [1.165, 1.54) is 55.1 Å². The second kappa shape index (κ2) is 25.2. The van der Waals surface area contributed by atoms with Crippen molar-refractivity contribution in [2.24, 2.45) is 0 Å². The molecule has 9 rings (SSSR count). The van der Waals surface area contributed by atoms with E-state index in [-0.39, 0.29) is 40.0 Å². The number of thioether (sulfide) groups is 1. The van der Waals surface area contributed by atoms with Gasteiger partial charge in [-0.25, -0.2) is 19.2 Å². The number of hydrogen-bond acceptors (Lipinski definition) is 17. The highest BCUT2D eigenvalue weighted by atomic mass is 32.2. The zero-order valence-electron chi connectivity index (χ0n) is 41.7. The van der Waals surface area contributed by atoms with Crippen molar-refractivity contribution in [2.75, 3.05) is 19.0 Å². The Bertz CT molecular complexity index is 2990. The number of ether oxygens (including phenoxy) is 9. The molecule has 2 amide bonds. The minimum absolute atomic E-state index is 0.0678. The Balaban J connectivity index is 1.12. The van der Waals surface area contributed by atoms with Gasteiger partial charge in [0.05, 0.1) is 46.6 Å². The van der Waals surface area contributed by atoms with Crippen LogP contribution in [0.1, 0.15) is 81.6 Å². The summed E-state index contributed by atoms with van der Waals surface area (Å²) >= 11 is 1.24. The van der Waals surface area contributed by atoms with E-state index < -0.39 is 115 Å². The van der Waals surface area contributed by atoms with Crippen molar-refractivity contribution in [1.82, 2.24) is 4.90 Å². The number of carbonyl (C=O) groups is 7. The summed E-state index contributed by atoms with van der Waals surface area (Å²) in [5.74, 6) is -5.06. The molecule has 0 aliphatic carbocycles. The highest BCUT2D eigenvalue weighted by molar-refractivity contribution is 7.99. The van der Waals surface area contributed by atoms with Crippen molar-refractivity contribution < 1.29 is 76.2 Å². The predicted octanol–water partition coefficient (Wildman–Crippen LogP) is 7.92. The van der Waals surface area contributed by atoms with Gasteiger partial charge in [-0.15, -0.1) is 11.8 Å². The lowest BCUT2D eigenvalue weighted by molar-refractivity contribution is -0.309. The minimum atomic E-state index is -1.76. The van der Waals surface area contributed by atoms with E-state index >= 15 is 0 Å². The number of amides is 2. The summed E-state index contributed by atoms with van der Waals surface area (Å²) in [5.41, 5.74) is 0.454. The molecule has 0 saturated carbocycles. The molecule has 10 atom stereocenters. The van der Waals surface area contributed by atoms with Gasteiger partial charge in [-0.3, -0.25) is 19.3 Å². The van der Waals surface area contributed by atoms with Crippen molar-refractivity contribution in [2.45, 2.75) is 80.9 Å². The molecule has 18 heteroatoms. The predicted molar refractivity (Wildman–Crippen MR) is 276 cm³/mol. The Morgan fingerprint density at radius 2 is 0.922 bits per heavy atom. The molecule has 3 aliphatic heterocycles. The smallest absolute Gasteiger partial charge is 0.338 e. The van der Waals surface area contributed by atoms with Crippen molar-refractivity contribution in [1.29, 1.82) is 0 Å². The molecular weight excluding hydrogens is 1010 g/mol. The van der Waals surface area contributed by atoms with Crippen LogP contribution in [0.15, 0.2) is 176 Å². The Labute approximate surface area is 447 Å². The fourth-order valence-corrected chi connectivity index (χ4v) is 10.2. The third-order valence-corrected chi connectivity index (χ3v) is 13.9. The average Bonchev–Trinajstić information content (AvgIpc) is 3.71. The van der Waals surface area contributed by atoms with Crippen LogP contribution in [0, 0.1) is 0 Å². The van der Waals surface area contributed by atoms with Crippen LogP contribution < -0.4 is 0 Å². The molecule has 396 valence electrons. The SMILES string of the molecule is CCS[C@@H]1O[C@H](CO[C@@H]2O[C@H](COC(=O)c3ccccc3)[C@@H](OC(=O)c3ccccc3)[C@H](OC(=O)c3ccccc3)[C@H]2OC(=O)c2ccccc2)[C@@H](OCc2ccccc2)[C@H](OC(C)=O)[C@H]1N1C(=O)c2ccccc2C1=O. The first-order valence-electron chi connectivity index (χ1n) is 24.8. The van der Waals surface area contributed by atoms with Crippen molar-refractivity contribution in [3.8, 4) is 0 Å². The van der Waals surface area contributed by atoms with Crippen LogP contribution in [-0.2, 0) is 54.0 Å². The van der Waals surface area contributed by atoms with Crippen molar-refractivity contribution in [3.63, 3.8) is 0 Å². The second-order valence-electron chi connectivity index (χ2n) is 17.9. The molecule has 77 heavy (non-hydrogen) atoms. The van der Waals surface area contributed by atoms with Gasteiger partial charge in [0.1, 0.15) is 36.4 Å². The number of rotatable bonds is 19. The number of hydrogen-bond donors (Lipinski definition) is 0. The lowest BCUT2D eigenvalue weighted by atomic mass is 9.95. The van der Waals surface area contributed by atoms with Crippen LogP contribution in [0.25, 0.3) is 0 Å². The minimum Gasteiger partial charge on any atom is -0.459 e. The van der Waals surface area contributed by atoms with Gasteiger partial charge in [-0.2, -0.15) is 0 Å². The zero-order valence-corrected chi connectivity index (χ0v) is 42.5. The zero-order chi connectivity index (χ0) is 53.8. The van der Waals surface area contributed by atoms with Gasteiger partial charge in [0.2, 0.25) is 0 Å². The van der Waals surface area contributed by atoms with E-state index in [4.69, 9.17) is 42.6 Å². The molecule has 6 aromatic rings. The summed E-state index contributed by atoms with van der Waals surface area (Å²) in [6, 6.07) is 46.1. The van der Waals surface area contributed by atoms with E-state index in [0.717, 1.165) is 4.90 Å². The molecule has 2 fully saturated rings. The topological polar surface area (TPSA) is 206 Å². The first-order valence-corrected chi connectivity index (χ1v) is 25.9. The average molecular weight is 1060 g/mol. The summed E-state index contributed by atoms with van der Waals surface area (Å²) in [5, 5.41) is 0. The lowest BCUT2D eigenvalue weighted by Crippen LogP contribution is -2.67. The largest absolute Gasteiger partial charge is 0.459 e. The highest BCUT2D eigenvalue weighted by Gasteiger charge is 2.58. The lowest BCUT2D eigenvalue weighted by Gasteiger charge is -2.48. The second-order valence-corrected chi connectivity index (χ2v) is 19.3. The molecule has 17 nitrogen and oxygen atoms in total. The molecule has 0 spiro atoms. The quantitative estimate of drug-likeness (QED) is 0.0429. The Morgan fingerprint density at radius 3 is 1.42 bits per heavy atom. The molecule has 0 radical (unpaired) electrons. The summed E-state index contributed by atoms with van der Waals surface area (Å²) in [6.45, 7) is 1.85. The third-order valence-electron chi connectivity index (χ3n) is 12.8. The molecule has 2 saturated heterocycles. The normalized spacial score (nSPS) is 23.7. The van der Waals surface area contributed by atoms with E-state index in [1.807, 2.05) is 37.3 Å². The van der Waals surface area contributed by atoms with Crippen LogP contribution in [0.3, 0.4) is 0 Å². The monoisotopic (exact) mass is 1060 g/mol. The van der Waals surface area contributed by atoms with Gasteiger partial charge >= 0.3 is 29.8 Å². The number of fused-ring (bicyclic) bond motifs is 1. The fourth-order valence-electron chi connectivity index (χ4n) is 9.22. The third kappa shape index (κ3) is 12.7. The van der Waals surface area contributed by atoms with Gasteiger partial charge < -0.3 is 42.6 Å². The van der Waals surface area contributed by atoms with Crippen LogP contribution in [-0.4, -0.2) is 126 Å². The van der Waals surface area contributed by atoms with Crippen molar-refractivity contribution in [3.05, 3.63) is 215 Å². The summed E-state index contributed by atoms with van der Waals surface area (Å²) < 4.78 is 57.5. The van der Waals surface area contributed by atoms with E-state index in [9.17, 15) is 33.6 Å². The van der Waals surface area contributed by atoms with E-state index in [0.29, 0.717) is 11.3 Å². The van der Waals surface area contributed by atoms with Gasteiger partial charge in [0, 0.05) is 6.92 Å². The Hall–Kier alpha value is -8.00. The Kier molecular flexibility index (Phi) is 17.6. The molecule has 0 aromatic heterocycles. The van der Waals surface area contributed by atoms with E-state index in [2.05, 4.69) is 0 Å². The first-order chi connectivity index (χ1) is 37.5. The maximum atomic E-state index is 14.3. The van der Waals surface area contributed by atoms with Crippen LogP contribution in [0.5, 0.6) is 0 Å². The van der Waals surface area contributed by atoms with Gasteiger partial charge in [-0.1, -0.05) is 122 Å². The van der Waals surface area contributed by atoms with Gasteiger partial charge in [-0.05, 0) is 72.0 Å². The number of imide groups is 1.